The fourth-order valence-electron chi connectivity index (χ4n) is 3.37. The third-order valence-corrected chi connectivity index (χ3v) is 7.23. The predicted molar refractivity (Wildman–Crippen MR) is 119 cm³/mol. The number of nitro benzene ring substituents is 1. The first-order chi connectivity index (χ1) is 14.7. The Labute approximate surface area is 185 Å². The molecule has 2 aromatic rings. The molecule has 1 amide bonds. The minimum absolute atomic E-state index is 0.0860. The minimum Gasteiger partial charge on any atom is -0.369 e. The van der Waals surface area contributed by atoms with Crippen molar-refractivity contribution in [1.82, 2.24) is 9.62 Å². The number of carbonyl (C=O) groups excluding carboxylic acids is 1. The first-order valence-corrected chi connectivity index (χ1v) is 11.7. The molecule has 166 valence electrons. The molecule has 0 spiro atoms. The molecular weight excluding hydrogens is 444 g/mol. The second-order valence-electron chi connectivity index (χ2n) is 7.20. The van der Waals surface area contributed by atoms with Crippen molar-refractivity contribution in [1.29, 1.82) is 0 Å². The maximum atomic E-state index is 12.6. The van der Waals surface area contributed by atoms with E-state index in [0.717, 1.165) is 5.69 Å². The van der Waals surface area contributed by atoms with Crippen molar-refractivity contribution in [2.24, 2.45) is 0 Å². The van der Waals surface area contributed by atoms with Gasteiger partial charge in [0.05, 0.1) is 10.7 Å². The number of piperazine rings is 1. The highest BCUT2D eigenvalue weighted by Gasteiger charge is 2.27. The van der Waals surface area contributed by atoms with E-state index in [9.17, 15) is 23.3 Å². The Morgan fingerprint density at radius 3 is 2.52 bits per heavy atom. The number of nitro groups is 1. The normalized spacial score (nSPS) is 15.0. The Kier molecular flexibility index (Phi) is 7.14. The molecule has 3 rings (SSSR count). The van der Waals surface area contributed by atoms with Crippen LogP contribution in [0.2, 0.25) is 5.02 Å². The van der Waals surface area contributed by atoms with Gasteiger partial charge in [-0.05, 0) is 31.2 Å². The molecule has 2 aromatic carbocycles. The molecule has 1 fully saturated rings. The van der Waals surface area contributed by atoms with Crippen LogP contribution in [0, 0.1) is 17.0 Å². The van der Waals surface area contributed by atoms with Crippen molar-refractivity contribution in [3.63, 3.8) is 0 Å². The van der Waals surface area contributed by atoms with Gasteiger partial charge in [-0.25, -0.2) is 8.42 Å². The zero-order valence-corrected chi connectivity index (χ0v) is 18.5. The largest absolute Gasteiger partial charge is 0.369 e. The molecule has 0 aliphatic carbocycles. The van der Waals surface area contributed by atoms with Crippen molar-refractivity contribution >= 4 is 38.9 Å². The molecule has 1 saturated heterocycles. The summed E-state index contributed by atoms with van der Waals surface area (Å²) in [7, 11) is -3.55. The fraction of sp³-hybridized carbons (Fsp3) is 0.350. The van der Waals surface area contributed by atoms with Gasteiger partial charge in [-0.1, -0.05) is 23.7 Å². The van der Waals surface area contributed by atoms with Crippen molar-refractivity contribution in [3.05, 3.63) is 68.7 Å². The van der Waals surface area contributed by atoms with Gasteiger partial charge < -0.3 is 10.2 Å². The van der Waals surface area contributed by atoms with Gasteiger partial charge in [0.25, 0.3) is 11.6 Å². The van der Waals surface area contributed by atoms with Gasteiger partial charge in [-0.2, -0.15) is 4.31 Å². The van der Waals surface area contributed by atoms with Crippen LogP contribution in [0.4, 0.5) is 11.4 Å². The molecule has 1 N–H and O–H groups in total. The van der Waals surface area contributed by atoms with Crippen LogP contribution >= 0.6 is 11.6 Å². The van der Waals surface area contributed by atoms with Gasteiger partial charge in [0, 0.05) is 60.6 Å². The van der Waals surface area contributed by atoms with Gasteiger partial charge in [-0.15, -0.1) is 0 Å². The van der Waals surface area contributed by atoms with E-state index in [4.69, 9.17) is 11.6 Å². The SMILES string of the molecule is Cc1ccc(C(=O)NCCS(=O)(=O)N2CCN(c3cccc(Cl)c3)CC2)cc1[N+](=O)[O-]. The van der Waals surface area contributed by atoms with Gasteiger partial charge in [-0.3, -0.25) is 14.9 Å². The van der Waals surface area contributed by atoms with Crippen molar-refractivity contribution in [3.8, 4) is 0 Å². The number of rotatable bonds is 7. The van der Waals surface area contributed by atoms with E-state index >= 15 is 0 Å². The van der Waals surface area contributed by atoms with Gasteiger partial charge in [0.2, 0.25) is 10.0 Å². The summed E-state index contributed by atoms with van der Waals surface area (Å²) in [4.78, 5) is 24.8. The maximum Gasteiger partial charge on any atom is 0.273 e. The summed E-state index contributed by atoms with van der Waals surface area (Å²) in [5.41, 5.74) is 1.35. The van der Waals surface area contributed by atoms with Crippen LogP contribution in [-0.4, -0.2) is 62.0 Å². The summed E-state index contributed by atoms with van der Waals surface area (Å²) in [5, 5.41) is 14.2. The number of aryl methyl sites for hydroxylation is 1. The highest BCUT2D eigenvalue weighted by Crippen LogP contribution is 2.22. The Balaban J connectivity index is 1.52. The first kappa shape index (κ1) is 23.0. The summed E-state index contributed by atoms with van der Waals surface area (Å²) in [6.45, 7) is 3.26. The number of halogens is 1. The molecule has 0 radical (unpaired) electrons. The molecule has 0 unspecified atom stereocenters. The second-order valence-corrected chi connectivity index (χ2v) is 9.72. The van der Waals surface area contributed by atoms with E-state index in [-0.39, 0.29) is 23.5 Å². The van der Waals surface area contributed by atoms with E-state index < -0.39 is 20.9 Å². The monoisotopic (exact) mass is 466 g/mol. The maximum absolute atomic E-state index is 12.6. The Bertz CT molecular complexity index is 1080. The summed E-state index contributed by atoms with van der Waals surface area (Å²) < 4.78 is 26.7. The zero-order chi connectivity index (χ0) is 22.6. The molecule has 0 bridgehead atoms. The van der Waals surface area contributed by atoms with Crippen LogP contribution in [0.1, 0.15) is 15.9 Å². The zero-order valence-electron chi connectivity index (χ0n) is 17.0. The lowest BCUT2D eigenvalue weighted by Gasteiger charge is -2.35. The molecule has 11 heteroatoms. The molecule has 0 aromatic heterocycles. The fourth-order valence-corrected chi connectivity index (χ4v) is 4.89. The van der Waals surface area contributed by atoms with Gasteiger partial charge in [0.15, 0.2) is 0 Å². The van der Waals surface area contributed by atoms with E-state index in [1.54, 1.807) is 13.0 Å². The summed E-state index contributed by atoms with van der Waals surface area (Å²) >= 11 is 6.02. The quantitative estimate of drug-likeness (QED) is 0.495. The van der Waals surface area contributed by atoms with Crippen LogP contribution in [-0.2, 0) is 10.0 Å². The van der Waals surface area contributed by atoms with Crippen LogP contribution in [0.3, 0.4) is 0 Å². The van der Waals surface area contributed by atoms with E-state index in [0.29, 0.717) is 36.8 Å². The Morgan fingerprint density at radius 1 is 1.16 bits per heavy atom. The highest BCUT2D eigenvalue weighted by molar-refractivity contribution is 7.89. The van der Waals surface area contributed by atoms with Crippen LogP contribution in [0.25, 0.3) is 0 Å². The number of nitrogens with one attached hydrogen (secondary N) is 1. The minimum atomic E-state index is -3.55. The first-order valence-electron chi connectivity index (χ1n) is 9.69. The topological polar surface area (TPSA) is 113 Å². The number of hydrogen-bond donors (Lipinski definition) is 1. The molecule has 1 aliphatic heterocycles. The standard InChI is InChI=1S/C20H23ClN4O5S/c1-15-5-6-16(13-19(15)25(27)28)20(26)22-7-12-31(29,30)24-10-8-23(9-11-24)18-4-2-3-17(21)14-18/h2-6,13-14H,7-12H2,1H3,(H,22,26). The molecule has 0 saturated carbocycles. The van der Waals surface area contributed by atoms with Crippen molar-refractivity contribution in [2.45, 2.75) is 6.92 Å². The number of benzene rings is 2. The van der Waals surface area contributed by atoms with Crippen molar-refractivity contribution in [2.75, 3.05) is 43.4 Å². The van der Waals surface area contributed by atoms with E-state index in [2.05, 4.69) is 10.2 Å². The highest BCUT2D eigenvalue weighted by atomic mass is 35.5. The van der Waals surface area contributed by atoms with E-state index in [1.165, 1.54) is 22.5 Å². The van der Waals surface area contributed by atoms with Crippen molar-refractivity contribution < 1.29 is 18.1 Å². The molecule has 1 aliphatic rings. The summed E-state index contributed by atoms with van der Waals surface area (Å²) in [6, 6.07) is 11.6. The summed E-state index contributed by atoms with van der Waals surface area (Å²) in [6.07, 6.45) is 0. The number of nitrogens with zero attached hydrogens (tertiary/aromatic N) is 3. The van der Waals surface area contributed by atoms with E-state index in [1.807, 2.05) is 18.2 Å². The van der Waals surface area contributed by atoms with Gasteiger partial charge >= 0.3 is 0 Å². The number of hydrogen-bond acceptors (Lipinski definition) is 6. The van der Waals surface area contributed by atoms with Crippen LogP contribution < -0.4 is 10.2 Å². The number of carbonyl (C=O) groups is 1. The Hall–Kier alpha value is -2.69. The van der Waals surface area contributed by atoms with Crippen LogP contribution in [0.5, 0.6) is 0 Å². The molecule has 0 atom stereocenters. The lowest BCUT2D eigenvalue weighted by Crippen LogP contribution is -2.50. The molecule has 1 heterocycles. The number of sulfonamides is 1. The Morgan fingerprint density at radius 2 is 1.87 bits per heavy atom. The van der Waals surface area contributed by atoms with Gasteiger partial charge in [0.1, 0.15) is 0 Å². The molecular formula is C20H23ClN4O5S. The van der Waals surface area contributed by atoms with Crippen LogP contribution in [0.15, 0.2) is 42.5 Å². The third kappa shape index (κ3) is 5.72. The average molecular weight is 467 g/mol. The number of anilines is 1. The second kappa shape index (κ2) is 9.63. The summed E-state index contributed by atoms with van der Waals surface area (Å²) in [5.74, 6) is -0.798. The molecule has 31 heavy (non-hydrogen) atoms. The smallest absolute Gasteiger partial charge is 0.273 e. The third-order valence-electron chi connectivity index (χ3n) is 5.12. The predicted octanol–water partition coefficient (Wildman–Crippen LogP) is 2.44. The lowest BCUT2D eigenvalue weighted by atomic mass is 10.1. The molecule has 9 nitrogen and oxygen atoms in total. The number of amides is 1. The average Bonchev–Trinajstić information content (AvgIpc) is 2.73. The lowest BCUT2D eigenvalue weighted by molar-refractivity contribution is -0.385.